The Balaban J connectivity index is 0.00000144. The highest BCUT2D eigenvalue weighted by atomic mass is 35.5. The van der Waals surface area contributed by atoms with E-state index < -0.39 is 0 Å². The molecular weight excluding hydrogens is 184 g/mol. The van der Waals surface area contributed by atoms with Crippen molar-refractivity contribution in [3.05, 3.63) is 0 Å². The second-order valence-electron chi connectivity index (χ2n) is 4.35. The second-order valence-corrected chi connectivity index (χ2v) is 4.35. The molecule has 2 N–H and O–H groups in total. The molecule has 1 saturated heterocycles. The Bertz CT molecular complexity index is 127. The van der Waals surface area contributed by atoms with Gasteiger partial charge in [0.15, 0.2) is 0 Å². The lowest BCUT2D eigenvalue weighted by atomic mass is 9.91. The molecule has 0 bridgehead atoms. The standard InChI is InChI=1S/C10H22N2.ClH/c1-3-4-7-12-8-5-10(2,11)6-9-12;/h3-9,11H2,1-2H3;1H. The molecular formula is C10H23ClN2. The van der Waals surface area contributed by atoms with E-state index >= 15 is 0 Å². The van der Waals surface area contributed by atoms with Crippen LogP contribution in [0.25, 0.3) is 0 Å². The summed E-state index contributed by atoms with van der Waals surface area (Å²) in [5.74, 6) is 0. The number of likely N-dealkylation sites (tertiary alicyclic amines) is 1. The lowest BCUT2D eigenvalue weighted by Gasteiger charge is -2.36. The maximum Gasteiger partial charge on any atom is 0.0150 e. The highest BCUT2D eigenvalue weighted by Crippen LogP contribution is 2.18. The predicted molar refractivity (Wildman–Crippen MR) is 60.4 cm³/mol. The topological polar surface area (TPSA) is 29.3 Å². The number of hydrogen-bond acceptors (Lipinski definition) is 2. The van der Waals surface area contributed by atoms with Gasteiger partial charge in [0.2, 0.25) is 0 Å². The van der Waals surface area contributed by atoms with Gasteiger partial charge in [-0.1, -0.05) is 13.3 Å². The van der Waals surface area contributed by atoms with E-state index in [-0.39, 0.29) is 17.9 Å². The molecule has 0 atom stereocenters. The van der Waals surface area contributed by atoms with Gasteiger partial charge in [-0.3, -0.25) is 0 Å². The van der Waals surface area contributed by atoms with Crippen LogP contribution in [0.5, 0.6) is 0 Å². The van der Waals surface area contributed by atoms with Crippen LogP contribution in [0.3, 0.4) is 0 Å². The number of rotatable bonds is 3. The van der Waals surface area contributed by atoms with Crippen LogP contribution in [0.4, 0.5) is 0 Å². The molecule has 1 heterocycles. The number of unbranched alkanes of at least 4 members (excludes halogenated alkanes) is 1. The molecule has 0 amide bonds. The summed E-state index contributed by atoms with van der Waals surface area (Å²) >= 11 is 0. The summed E-state index contributed by atoms with van der Waals surface area (Å²) in [7, 11) is 0. The van der Waals surface area contributed by atoms with Crippen molar-refractivity contribution in [2.45, 2.75) is 45.1 Å². The number of hydrogen-bond donors (Lipinski definition) is 1. The molecule has 2 nitrogen and oxygen atoms in total. The highest BCUT2D eigenvalue weighted by molar-refractivity contribution is 5.85. The van der Waals surface area contributed by atoms with Crippen LogP contribution in [-0.2, 0) is 0 Å². The first-order valence-electron chi connectivity index (χ1n) is 5.15. The Labute approximate surface area is 88.3 Å². The first-order chi connectivity index (χ1) is 5.64. The molecule has 3 heteroatoms. The van der Waals surface area contributed by atoms with Crippen LogP contribution < -0.4 is 5.73 Å². The molecule has 1 rings (SSSR count). The molecule has 0 aliphatic carbocycles. The summed E-state index contributed by atoms with van der Waals surface area (Å²) in [4.78, 5) is 2.54. The quantitative estimate of drug-likeness (QED) is 0.766. The van der Waals surface area contributed by atoms with Gasteiger partial charge in [0, 0.05) is 5.54 Å². The van der Waals surface area contributed by atoms with Crippen molar-refractivity contribution >= 4 is 12.4 Å². The maximum atomic E-state index is 6.04. The fourth-order valence-electron chi connectivity index (χ4n) is 1.67. The summed E-state index contributed by atoms with van der Waals surface area (Å²) in [6.45, 7) is 8.09. The number of halogens is 1. The van der Waals surface area contributed by atoms with Crippen LogP contribution in [0, 0.1) is 0 Å². The SMILES string of the molecule is CCCCN1CCC(C)(N)CC1.Cl. The zero-order valence-corrected chi connectivity index (χ0v) is 9.70. The van der Waals surface area contributed by atoms with Gasteiger partial charge in [0.25, 0.3) is 0 Å². The van der Waals surface area contributed by atoms with Crippen LogP contribution in [-0.4, -0.2) is 30.1 Å². The van der Waals surface area contributed by atoms with Gasteiger partial charge in [-0.25, -0.2) is 0 Å². The molecule has 0 spiro atoms. The number of nitrogens with zero attached hydrogens (tertiary/aromatic N) is 1. The van der Waals surface area contributed by atoms with Crippen molar-refractivity contribution in [3.63, 3.8) is 0 Å². The van der Waals surface area contributed by atoms with Gasteiger partial charge in [0.05, 0.1) is 0 Å². The van der Waals surface area contributed by atoms with E-state index in [1.54, 1.807) is 0 Å². The summed E-state index contributed by atoms with van der Waals surface area (Å²) in [6, 6.07) is 0. The van der Waals surface area contributed by atoms with E-state index in [0.29, 0.717) is 0 Å². The maximum absolute atomic E-state index is 6.04. The largest absolute Gasteiger partial charge is 0.325 e. The van der Waals surface area contributed by atoms with Crippen LogP contribution in [0.2, 0.25) is 0 Å². The average molecular weight is 207 g/mol. The van der Waals surface area contributed by atoms with Crippen molar-refractivity contribution in [2.75, 3.05) is 19.6 Å². The third kappa shape index (κ3) is 4.84. The van der Waals surface area contributed by atoms with Crippen molar-refractivity contribution in [3.8, 4) is 0 Å². The third-order valence-corrected chi connectivity index (χ3v) is 2.83. The monoisotopic (exact) mass is 206 g/mol. The summed E-state index contributed by atoms with van der Waals surface area (Å²) in [5, 5.41) is 0. The first kappa shape index (κ1) is 13.2. The Morgan fingerprint density at radius 2 is 1.85 bits per heavy atom. The minimum Gasteiger partial charge on any atom is -0.325 e. The van der Waals surface area contributed by atoms with Gasteiger partial charge in [0.1, 0.15) is 0 Å². The van der Waals surface area contributed by atoms with E-state index in [1.807, 2.05) is 0 Å². The Kier molecular flexibility index (Phi) is 5.93. The minimum absolute atomic E-state index is 0. The molecule has 0 unspecified atom stereocenters. The van der Waals surface area contributed by atoms with Gasteiger partial charge in [-0.2, -0.15) is 0 Å². The molecule has 0 aromatic heterocycles. The summed E-state index contributed by atoms with van der Waals surface area (Å²) in [6.07, 6.45) is 4.96. The van der Waals surface area contributed by atoms with Crippen LogP contribution >= 0.6 is 12.4 Å². The Hall–Kier alpha value is 0.210. The van der Waals surface area contributed by atoms with Crippen molar-refractivity contribution in [1.29, 1.82) is 0 Å². The molecule has 80 valence electrons. The molecule has 1 aliphatic rings. The van der Waals surface area contributed by atoms with Gasteiger partial charge >= 0.3 is 0 Å². The van der Waals surface area contributed by atoms with E-state index in [4.69, 9.17) is 5.73 Å². The molecule has 0 aromatic rings. The molecule has 13 heavy (non-hydrogen) atoms. The molecule has 1 fully saturated rings. The fraction of sp³-hybridized carbons (Fsp3) is 1.00. The van der Waals surface area contributed by atoms with Crippen molar-refractivity contribution < 1.29 is 0 Å². The number of piperidine rings is 1. The van der Waals surface area contributed by atoms with Gasteiger partial charge < -0.3 is 10.6 Å². The second kappa shape index (κ2) is 5.84. The molecule has 0 saturated carbocycles. The van der Waals surface area contributed by atoms with Gasteiger partial charge in [-0.15, -0.1) is 12.4 Å². The smallest absolute Gasteiger partial charge is 0.0150 e. The van der Waals surface area contributed by atoms with Crippen molar-refractivity contribution in [1.82, 2.24) is 4.90 Å². The zero-order valence-electron chi connectivity index (χ0n) is 8.88. The number of nitrogens with two attached hydrogens (primary N) is 1. The predicted octanol–water partition coefficient (Wildman–Crippen LogP) is 2.02. The zero-order chi connectivity index (χ0) is 9.03. The van der Waals surface area contributed by atoms with Gasteiger partial charge in [-0.05, 0) is 45.8 Å². The minimum atomic E-state index is 0. The molecule has 1 aliphatic heterocycles. The molecule has 0 aromatic carbocycles. The highest BCUT2D eigenvalue weighted by Gasteiger charge is 2.24. The van der Waals surface area contributed by atoms with Crippen LogP contribution in [0.15, 0.2) is 0 Å². The van der Waals surface area contributed by atoms with E-state index in [2.05, 4.69) is 18.7 Å². The van der Waals surface area contributed by atoms with E-state index in [0.717, 1.165) is 12.8 Å². The first-order valence-corrected chi connectivity index (χ1v) is 5.15. The average Bonchev–Trinajstić information content (AvgIpc) is 2.03. The van der Waals surface area contributed by atoms with E-state index in [9.17, 15) is 0 Å². The molecule has 0 radical (unpaired) electrons. The Morgan fingerprint density at radius 1 is 1.31 bits per heavy atom. The summed E-state index contributed by atoms with van der Waals surface area (Å²) < 4.78 is 0. The van der Waals surface area contributed by atoms with Crippen molar-refractivity contribution in [2.24, 2.45) is 5.73 Å². The lowest BCUT2D eigenvalue weighted by Crippen LogP contribution is -2.48. The Morgan fingerprint density at radius 3 is 2.31 bits per heavy atom. The normalized spacial score (nSPS) is 22.4. The summed E-state index contributed by atoms with van der Waals surface area (Å²) in [5.41, 5.74) is 6.16. The van der Waals surface area contributed by atoms with Crippen LogP contribution in [0.1, 0.15) is 39.5 Å². The van der Waals surface area contributed by atoms with E-state index in [1.165, 1.54) is 32.5 Å². The fourth-order valence-corrected chi connectivity index (χ4v) is 1.67. The lowest BCUT2D eigenvalue weighted by molar-refractivity contribution is 0.170. The third-order valence-electron chi connectivity index (χ3n) is 2.83.